The Labute approximate surface area is 225 Å². The highest BCUT2D eigenvalue weighted by molar-refractivity contribution is 7.90. The van der Waals surface area contributed by atoms with Crippen molar-refractivity contribution in [2.45, 2.75) is 44.0 Å². The molecule has 206 valence electrons. The number of benzene rings is 2. The van der Waals surface area contributed by atoms with Gasteiger partial charge in [-0.15, -0.1) is 4.40 Å². The van der Waals surface area contributed by atoms with Crippen molar-refractivity contribution in [2.75, 3.05) is 17.7 Å². The Morgan fingerprint density at radius 1 is 1.21 bits per heavy atom. The molecular formula is C26H28N4O8S. The number of carboxylic acid groups (broad SMARTS) is 1. The molecule has 2 aromatic carbocycles. The first-order valence-electron chi connectivity index (χ1n) is 12.0. The second-order valence-corrected chi connectivity index (χ2v) is 11.1. The van der Waals surface area contributed by atoms with Crippen LogP contribution in [0.5, 0.6) is 0 Å². The number of nitrogens with zero attached hydrogens (tertiary/aromatic N) is 2. The SMILES string of the molecule is CON(C(C)=O)C1(CCC(C)C)C(=O)C(C2=NS(=O)(=O)c3cc(NC(=O)O)ccc3N2)=C(O)c2ccccc21. The zero-order chi connectivity index (χ0) is 28.7. The number of hydroxylamine groups is 2. The third kappa shape index (κ3) is 4.74. The van der Waals surface area contributed by atoms with Crippen molar-refractivity contribution in [1.82, 2.24) is 5.06 Å². The standard InChI is InChI=1S/C26H28N4O8S/c1-14(2)11-12-26(30(38-4)15(3)31)18-8-6-5-7-17(18)22(32)21(23(26)33)24-28-19-10-9-16(27-25(34)35)13-20(19)39(36,37)29-24/h5-10,13-14,27,32H,11-12H2,1-4H3,(H,28,29)(H,34,35). The van der Waals surface area contributed by atoms with Gasteiger partial charge in [0.15, 0.2) is 11.4 Å². The molecule has 39 heavy (non-hydrogen) atoms. The average molecular weight is 557 g/mol. The number of ketones is 1. The summed E-state index contributed by atoms with van der Waals surface area (Å²) in [5.41, 5.74) is -1.59. The van der Waals surface area contributed by atoms with E-state index in [1.54, 1.807) is 24.3 Å². The molecule has 2 aromatic rings. The van der Waals surface area contributed by atoms with Crippen LogP contribution in [-0.2, 0) is 30.0 Å². The quantitative estimate of drug-likeness (QED) is 0.369. The number of nitrogens with one attached hydrogen (secondary N) is 2. The number of aliphatic hydroxyl groups excluding tert-OH is 1. The second-order valence-electron chi connectivity index (χ2n) is 9.57. The average Bonchev–Trinajstić information content (AvgIpc) is 2.85. The van der Waals surface area contributed by atoms with Crippen LogP contribution in [0.4, 0.5) is 16.2 Å². The number of fused-ring (bicyclic) bond motifs is 2. The predicted molar refractivity (Wildman–Crippen MR) is 143 cm³/mol. The Hall–Kier alpha value is -4.23. The highest BCUT2D eigenvalue weighted by Gasteiger charge is 2.55. The first kappa shape index (κ1) is 27.8. The Morgan fingerprint density at radius 3 is 2.51 bits per heavy atom. The van der Waals surface area contributed by atoms with Gasteiger partial charge in [-0.3, -0.25) is 19.7 Å². The smallest absolute Gasteiger partial charge is 0.409 e. The van der Waals surface area contributed by atoms with Crippen molar-refractivity contribution < 1.29 is 37.9 Å². The summed E-state index contributed by atoms with van der Waals surface area (Å²) >= 11 is 0. The van der Waals surface area contributed by atoms with E-state index in [1.807, 2.05) is 13.8 Å². The predicted octanol–water partition coefficient (Wildman–Crippen LogP) is 3.88. The summed E-state index contributed by atoms with van der Waals surface area (Å²) in [6.07, 6.45) is -0.777. The molecule has 0 radical (unpaired) electrons. The van der Waals surface area contributed by atoms with Gasteiger partial charge in [-0.25, -0.2) is 9.86 Å². The molecule has 0 saturated heterocycles. The molecule has 1 unspecified atom stereocenters. The van der Waals surface area contributed by atoms with Crippen LogP contribution in [0.25, 0.3) is 5.76 Å². The summed E-state index contributed by atoms with van der Waals surface area (Å²) in [4.78, 5) is 43.4. The minimum atomic E-state index is -4.44. The normalized spacial score (nSPS) is 19.5. The second kappa shape index (κ2) is 10.2. The Bertz CT molecular complexity index is 1550. The summed E-state index contributed by atoms with van der Waals surface area (Å²) in [5.74, 6) is -2.16. The molecule has 1 aliphatic carbocycles. The van der Waals surface area contributed by atoms with Gasteiger partial charge in [-0.05, 0) is 42.5 Å². The maximum atomic E-state index is 14.5. The molecule has 0 bridgehead atoms. The Balaban J connectivity index is 1.95. The lowest BCUT2D eigenvalue weighted by atomic mass is 9.70. The molecule has 1 heterocycles. The van der Waals surface area contributed by atoms with E-state index >= 15 is 0 Å². The van der Waals surface area contributed by atoms with Gasteiger partial charge in [0.1, 0.15) is 16.2 Å². The van der Waals surface area contributed by atoms with Crippen LogP contribution in [0.1, 0.15) is 44.7 Å². The summed E-state index contributed by atoms with van der Waals surface area (Å²) < 4.78 is 30.2. The third-order valence-electron chi connectivity index (χ3n) is 6.58. The minimum Gasteiger partial charge on any atom is -0.506 e. The van der Waals surface area contributed by atoms with Crippen LogP contribution in [0.2, 0.25) is 0 Å². The molecule has 12 nitrogen and oxygen atoms in total. The lowest BCUT2D eigenvalue weighted by Crippen LogP contribution is -2.57. The third-order valence-corrected chi connectivity index (χ3v) is 7.89. The van der Waals surface area contributed by atoms with Gasteiger partial charge in [0.25, 0.3) is 10.0 Å². The largest absolute Gasteiger partial charge is 0.506 e. The fraction of sp³-hybridized carbons (Fsp3) is 0.308. The fourth-order valence-corrected chi connectivity index (χ4v) is 6.06. The van der Waals surface area contributed by atoms with Crippen molar-refractivity contribution >= 4 is 50.8 Å². The van der Waals surface area contributed by atoms with Gasteiger partial charge in [0.2, 0.25) is 11.7 Å². The number of hydrogen-bond acceptors (Lipinski definition) is 8. The number of anilines is 2. The maximum Gasteiger partial charge on any atom is 0.409 e. The number of carbonyl (C=O) groups is 3. The van der Waals surface area contributed by atoms with Crippen molar-refractivity contribution in [2.24, 2.45) is 10.3 Å². The van der Waals surface area contributed by atoms with Crippen LogP contribution in [0.15, 0.2) is 57.3 Å². The van der Waals surface area contributed by atoms with Crippen LogP contribution < -0.4 is 10.6 Å². The van der Waals surface area contributed by atoms with Crippen LogP contribution >= 0.6 is 0 Å². The fourth-order valence-electron chi connectivity index (χ4n) is 4.91. The van der Waals surface area contributed by atoms with Gasteiger partial charge in [-0.2, -0.15) is 8.42 Å². The number of carbonyl (C=O) groups excluding carboxylic acids is 2. The molecular weight excluding hydrogens is 528 g/mol. The maximum absolute atomic E-state index is 14.5. The highest BCUT2D eigenvalue weighted by atomic mass is 32.2. The molecule has 4 N–H and O–H groups in total. The Kier molecular flexibility index (Phi) is 7.23. The molecule has 0 aromatic heterocycles. The first-order chi connectivity index (χ1) is 18.3. The van der Waals surface area contributed by atoms with Gasteiger partial charge >= 0.3 is 6.09 Å². The Morgan fingerprint density at radius 2 is 1.90 bits per heavy atom. The van der Waals surface area contributed by atoms with Crippen LogP contribution in [-0.4, -0.2) is 54.4 Å². The minimum absolute atomic E-state index is 0.0000881. The monoisotopic (exact) mass is 556 g/mol. The molecule has 4 rings (SSSR count). The van der Waals surface area contributed by atoms with E-state index in [4.69, 9.17) is 9.94 Å². The van der Waals surface area contributed by atoms with Crippen molar-refractivity contribution in [1.29, 1.82) is 0 Å². The summed E-state index contributed by atoms with van der Waals surface area (Å²) in [5, 5.41) is 26.1. The first-order valence-corrected chi connectivity index (χ1v) is 13.5. The van der Waals surface area contributed by atoms with Gasteiger partial charge in [-0.1, -0.05) is 38.1 Å². The summed E-state index contributed by atoms with van der Waals surface area (Å²) in [6.45, 7) is 5.15. The van der Waals surface area contributed by atoms with E-state index in [1.165, 1.54) is 26.2 Å². The number of amides is 2. The number of Topliss-reactive ketones (excluding diaryl/α,β-unsaturated/α-hetero) is 1. The summed E-state index contributed by atoms with van der Waals surface area (Å²) in [7, 11) is -3.19. The zero-order valence-corrected chi connectivity index (χ0v) is 22.5. The van der Waals surface area contributed by atoms with Crippen molar-refractivity contribution in [3.8, 4) is 0 Å². The lowest BCUT2D eigenvalue weighted by molar-refractivity contribution is -0.211. The zero-order valence-electron chi connectivity index (χ0n) is 21.7. The van der Waals surface area contributed by atoms with Crippen molar-refractivity contribution in [3.63, 3.8) is 0 Å². The van der Waals surface area contributed by atoms with Gasteiger partial charge < -0.3 is 15.5 Å². The highest BCUT2D eigenvalue weighted by Crippen LogP contribution is 2.46. The molecule has 2 amide bonds. The lowest BCUT2D eigenvalue weighted by Gasteiger charge is -2.44. The van der Waals surface area contributed by atoms with Crippen LogP contribution in [0, 0.1) is 5.92 Å². The number of amidine groups is 1. The number of sulfonamides is 1. The van der Waals surface area contributed by atoms with E-state index in [9.17, 15) is 27.9 Å². The van der Waals surface area contributed by atoms with Gasteiger partial charge in [0.05, 0.1) is 12.8 Å². The summed E-state index contributed by atoms with van der Waals surface area (Å²) in [6, 6.07) is 10.2. The van der Waals surface area contributed by atoms with Crippen LogP contribution in [0.3, 0.4) is 0 Å². The molecule has 1 atom stereocenters. The molecule has 0 saturated carbocycles. The van der Waals surface area contributed by atoms with E-state index in [-0.39, 0.29) is 34.2 Å². The topological polar surface area (TPSA) is 175 Å². The molecule has 1 aliphatic heterocycles. The number of hydrogen-bond donors (Lipinski definition) is 4. The van der Waals surface area contributed by atoms with E-state index in [2.05, 4.69) is 15.0 Å². The van der Waals surface area contributed by atoms with Crippen molar-refractivity contribution in [3.05, 3.63) is 59.2 Å². The number of rotatable bonds is 7. The van der Waals surface area contributed by atoms with E-state index < -0.39 is 50.5 Å². The van der Waals surface area contributed by atoms with E-state index in [0.29, 0.717) is 12.0 Å². The molecule has 0 spiro atoms. The molecule has 13 heteroatoms. The van der Waals surface area contributed by atoms with Gasteiger partial charge in [0, 0.05) is 18.2 Å². The number of aliphatic hydroxyl groups is 1. The molecule has 2 aliphatic rings. The van der Waals surface area contributed by atoms with E-state index in [0.717, 1.165) is 11.1 Å². The molecule has 0 fully saturated rings.